The fraction of sp³-hybridized carbons (Fsp3) is 0.154. The molecule has 3 heterocycles. The number of pyridine rings is 1. The second-order valence-corrected chi connectivity index (χ2v) is 5.44. The van der Waals surface area contributed by atoms with Gasteiger partial charge in [0.1, 0.15) is 16.6 Å². The SMILES string of the molecule is CSc1nc(N)c(-c2ccc3ncc(C)n3c2)c(Cl)n1. The molecule has 0 saturated carbocycles. The van der Waals surface area contributed by atoms with Gasteiger partial charge in [0.25, 0.3) is 0 Å². The summed E-state index contributed by atoms with van der Waals surface area (Å²) in [5.74, 6) is 0.381. The van der Waals surface area contributed by atoms with E-state index in [0.717, 1.165) is 16.9 Å². The topological polar surface area (TPSA) is 69.1 Å². The third kappa shape index (κ3) is 2.10. The van der Waals surface area contributed by atoms with E-state index in [2.05, 4.69) is 15.0 Å². The third-order valence-electron chi connectivity index (χ3n) is 3.03. The largest absolute Gasteiger partial charge is 0.383 e. The first kappa shape index (κ1) is 13.2. The number of hydrogen-bond donors (Lipinski definition) is 1. The molecule has 0 saturated heterocycles. The minimum atomic E-state index is 0.360. The molecule has 2 N–H and O–H groups in total. The van der Waals surface area contributed by atoms with Crippen LogP contribution >= 0.6 is 23.4 Å². The maximum Gasteiger partial charge on any atom is 0.190 e. The number of anilines is 1. The van der Waals surface area contributed by atoms with E-state index in [0.29, 0.717) is 21.7 Å². The molecule has 102 valence electrons. The maximum absolute atomic E-state index is 6.24. The monoisotopic (exact) mass is 305 g/mol. The van der Waals surface area contributed by atoms with Crippen molar-refractivity contribution in [3.8, 4) is 11.1 Å². The number of halogens is 1. The van der Waals surface area contributed by atoms with Crippen LogP contribution in [0.2, 0.25) is 5.15 Å². The molecular formula is C13H12ClN5S. The Morgan fingerprint density at radius 1 is 1.30 bits per heavy atom. The van der Waals surface area contributed by atoms with Gasteiger partial charge in [0.05, 0.1) is 5.56 Å². The van der Waals surface area contributed by atoms with Gasteiger partial charge in [-0.25, -0.2) is 15.0 Å². The Morgan fingerprint density at radius 3 is 2.80 bits per heavy atom. The Morgan fingerprint density at radius 2 is 2.10 bits per heavy atom. The quantitative estimate of drug-likeness (QED) is 0.448. The van der Waals surface area contributed by atoms with E-state index in [9.17, 15) is 0 Å². The highest BCUT2D eigenvalue weighted by Gasteiger charge is 2.14. The summed E-state index contributed by atoms with van der Waals surface area (Å²) >= 11 is 7.65. The highest BCUT2D eigenvalue weighted by atomic mass is 35.5. The summed E-state index contributed by atoms with van der Waals surface area (Å²) in [6.07, 6.45) is 5.64. The van der Waals surface area contributed by atoms with E-state index in [1.807, 2.05) is 42.1 Å². The number of nitrogen functional groups attached to an aromatic ring is 1. The smallest absolute Gasteiger partial charge is 0.190 e. The van der Waals surface area contributed by atoms with Crippen molar-refractivity contribution in [2.24, 2.45) is 0 Å². The minimum absolute atomic E-state index is 0.360. The van der Waals surface area contributed by atoms with E-state index >= 15 is 0 Å². The number of nitrogens with two attached hydrogens (primary N) is 1. The van der Waals surface area contributed by atoms with Crippen LogP contribution < -0.4 is 5.73 Å². The molecule has 0 aliphatic carbocycles. The summed E-state index contributed by atoms with van der Waals surface area (Å²) in [4.78, 5) is 12.8. The Bertz CT molecular complexity index is 776. The average Bonchev–Trinajstić information content (AvgIpc) is 2.79. The highest BCUT2D eigenvalue weighted by Crippen LogP contribution is 2.32. The van der Waals surface area contributed by atoms with Crippen molar-refractivity contribution in [1.29, 1.82) is 0 Å². The summed E-state index contributed by atoms with van der Waals surface area (Å²) in [5.41, 5.74) is 9.45. The summed E-state index contributed by atoms with van der Waals surface area (Å²) < 4.78 is 1.98. The number of nitrogens with zero attached hydrogens (tertiary/aromatic N) is 4. The lowest BCUT2D eigenvalue weighted by Crippen LogP contribution is -2.00. The van der Waals surface area contributed by atoms with E-state index in [-0.39, 0.29) is 0 Å². The Labute approximate surface area is 125 Å². The van der Waals surface area contributed by atoms with Crippen LogP contribution in [0.15, 0.2) is 29.7 Å². The van der Waals surface area contributed by atoms with Crippen molar-refractivity contribution in [1.82, 2.24) is 19.4 Å². The van der Waals surface area contributed by atoms with Crippen LogP contribution in [0, 0.1) is 6.92 Å². The van der Waals surface area contributed by atoms with Gasteiger partial charge in [-0.15, -0.1) is 0 Å². The summed E-state index contributed by atoms with van der Waals surface area (Å²) in [6, 6.07) is 3.84. The number of hydrogen-bond acceptors (Lipinski definition) is 5. The maximum atomic E-state index is 6.24. The molecular weight excluding hydrogens is 294 g/mol. The molecule has 0 fully saturated rings. The molecule has 0 amide bonds. The first-order valence-corrected chi connectivity index (χ1v) is 7.51. The highest BCUT2D eigenvalue weighted by molar-refractivity contribution is 7.98. The molecule has 0 aliphatic rings. The standard InChI is InChI=1S/C13H12ClN5S/c1-7-5-16-9-4-3-8(6-19(7)9)10-11(14)17-13(20-2)18-12(10)15/h3-6H,1-2H3,(H2,15,17,18). The zero-order valence-corrected chi connectivity index (χ0v) is 12.5. The fourth-order valence-electron chi connectivity index (χ4n) is 2.04. The molecule has 0 atom stereocenters. The van der Waals surface area contributed by atoms with E-state index < -0.39 is 0 Å². The molecule has 0 aliphatic heterocycles. The zero-order chi connectivity index (χ0) is 14.3. The zero-order valence-electron chi connectivity index (χ0n) is 11.0. The molecule has 0 spiro atoms. The molecule has 7 heteroatoms. The summed E-state index contributed by atoms with van der Waals surface area (Å²) in [7, 11) is 0. The van der Waals surface area contributed by atoms with E-state index in [1.54, 1.807) is 0 Å². The molecule has 3 aromatic heterocycles. The van der Waals surface area contributed by atoms with Crippen molar-refractivity contribution in [3.63, 3.8) is 0 Å². The van der Waals surface area contributed by atoms with Crippen molar-refractivity contribution in [3.05, 3.63) is 35.4 Å². The first-order valence-electron chi connectivity index (χ1n) is 5.91. The summed E-state index contributed by atoms with van der Waals surface area (Å²) in [5, 5.41) is 0.926. The number of aryl methyl sites for hydroxylation is 1. The van der Waals surface area contributed by atoms with Crippen LogP contribution in [0.1, 0.15) is 5.69 Å². The van der Waals surface area contributed by atoms with Crippen molar-refractivity contribution in [2.75, 3.05) is 12.0 Å². The average molecular weight is 306 g/mol. The van der Waals surface area contributed by atoms with Gasteiger partial charge in [-0.2, -0.15) is 0 Å². The van der Waals surface area contributed by atoms with E-state index in [4.69, 9.17) is 17.3 Å². The molecule has 3 rings (SSSR count). The van der Waals surface area contributed by atoms with Gasteiger partial charge in [-0.1, -0.05) is 23.4 Å². The van der Waals surface area contributed by atoms with Gasteiger partial charge >= 0.3 is 0 Å². The number of aromatic nitrogens is 4. The lowest BCUT2D eigenvalue weighted by molar-refractivity contribution is 0.981. The molecule has 5 nitrogen and oxygen atoms in total. The van der Waals surface area contributed by atoms with Crippen LogP contribution in [0.4, 0.5) is 5.82 Å². The Hall–Kier alpha value is -1.79. The lowest BCUT2D eigenvalue weighted by Gasteiger charge is -2.09. The van der Waals surface area contributed by atoms with Crippen molar-refractivity contribution in [2.45, 2.75) is 12.1 Å². The van der Waals surface area contributed by atoms with E-state index in [1.165, 1.54) is 11.8 Å². The van der Waals surface area contributed by atoms with Crippen LogP contribution in [0.5, 0.6) is 0 Å². The normalized spacial score (nSPS) is 11.2. The number of thioether (sulfide) groups is 1. The van der Waals surface area contributed by atoms with Crippen LogP contribution in [0.3, 0.4) is 0 Å². The first-order chi connectivity index (χ1) is 9.60. The van der Waals surface area contributed by atoms with Gasteiger partial charge < -0.3 is 10.1 Å². The van der Waals surface area contributed by atoms with Crippen molar-refractivity contribution < 1.29 is 0 Å². The number of fused-ring (bicyclic) bond motifs is 1. The molecule has 0 unspecified atom stereocenters. The molecule has 0 bridgehead atoms. The van der Waals surface area contributed by atoms with Gasteiger partial charge in [0.15, 0.2) is 5.16 Å². The molecule has 20 heavy (non-hydrogen) atoms. The lowest BCUT2D eigenvalue weighted by atomic mass is 10.1. The third-order valence-corrected chi connectivity index (χ3v) is 3.86. The predicted octanol–water partition coefficient (Wildman–Crippen LogP) is 3.06. The molecule has 0 aromatic carbocycles. The number of rotatable bonds is 2. The van der Waals surface area contributed by atoms with Gasteiger partial charge in [-0.05, 0) is 25.3 Å². The van der Waals surface area contributed by atoms with Gasteiger partial charge in [0.2, 0.25) is 0 Å². The van der Waals surface area contributed by atoms with Crippen LogP contribution in [0.25, 0.3) is 16.8 Å². The molecule has 3 aromatic rings. The Kier molecular flexibility index (Phi) is 3.27. The van der Waals surface area contributed by atoms with Gasteiger partial charge in [0, 0.05) is 23.7 Å². The molecule has 0 radical (unpaired) electrons. The second kappa shape index (κ2) is 4.96. The van der Waals surface area contributed by atoms with Crippen molar-refractivity contribution >= 4 is 34.8 Å². The predicted molar refractivity (Wildman–Crippen MR) is 82.2 cm³/mol. The number of imidazole rings is 1. The second-order valence-electron chi connectivity index (χ2n) is 4.31. The van der Waals surface area contributed by atoms with Crippen LogP contribution in [-0.4, -0.2) is 25.6 Å². The Balaban J connectivity index is 2.22. The minimum Gasteiger partial charge on any atom is -0.383 e. The van der Waals surface area contributed by atoms with Gasteiger partial charge in [-0.3, -0.25) is 0 Å². The fourth-order valence-corrected chi connectivity index (χ4v) is 2.75. The van der Waals surface area contributed by atoms with Crippen LogP contribution in [-0.2, 0) is 0 Å². The summed E-state index contributed by atoms with van der Waals surface area (Å²) in [6.45, 7) is 1.99.